The second kappa shape index (κ2) is 42.4. The van der Waals surface area contributed by atoms with Gasteiger partial charge in [-0.2, -0.15) is 0 Å². The zero-order chi connectivity index (χ0) is 68.9. The molecule has 102 heavy (non-hydrogen) atoms. The third kappa shape index (κ3) is 24.5. The van der Waals surface area contributed by atoms with Crippen molar-refractivity contribution in [2.75, 3.05) is 0 Å². The van der Waals surface area contributed by atoms with Crippen molar-refractivity contribution in [3.05, 3.63) is 328 Å². The van der Waals surface area contributed by atoms with Gasteiger partial charge in [0.1, 0.15) is 5.78 Å². The Hall–Kier alpha value is -6.56. The fourth-order valence-electron chi connectivity index (χ4n) is 15.7. The molecular weight excluding hydrogens is 1300 g/mol. The van der Waals surface area contributed by atoms with Gasteiger partial charge in [0.25, 0.3) is 0 Å². The molecule has 0 heterocycles. The fourth-order valence-corrected chi connectivity index (χ4v) is 15.7. The monoisotopic (exact) mass is 1410 g/mol. The predicted octanol–water partition coefficient (Wildman–Crippen LogP) is 16.0. The first-order valence-corrected chi connectivity index (χ1v) is 36.8. The Morgan fingerprint density at radius 3 is 1.10 bits per heavy atom. The minimum absolute atomic E-state index is 0. The van der Waals surface area contributed by atoms with Gasteiger partial charge in [0.05, 0.1) is 6.54 Å². The summed E-state index contributed by atoms with van der Waals surface area (Å²) in [4.78, 5) is 15.9. The Balaban J connectivity index is 0.000000188. The molecule has 7 nitrogen and oxygen atoms in total. The van der Waals surface area contributed by atoms with Crippen molar-refractivity contribution in [2.45, 2.75) is 221 Å². The number of ketones is 1. The number of Topliss-reactive ketones (excluding diaryl/α,β-unsaturated/α-hetero) is 1. The number of nitrogens with zero attached hydrogens (tertiary/aromatic N) is 1. The van der Waals surface area contributed by atoms with E-state index in [1.54, 1.807) is 33.4 Å². The largest absolute Gasteiger partial charge is 1.00 e. The summed E-state index contributed by atoms with van der Waals surface area (Å²) in [6.45, 7) is 21.2. The van der Waals surface area contributed by atoms with Gasteiger partial charge in [0, 0.05) is 55.7 Å². The van der Waals surface area contributed by atoms with Crippen LogP contribution in [0.5, 0.6) is 0 Å². The molecule has 16 rings (SSSR count). The SMILES string of the molecule is C=C1CCc2c(C)cccc2C1.Cc1cccc2c1CCC(=NCc1ccccc1)C2.Cc1cccc2c1CCC(=O)C2.Cc1cccc2c1CCC(N)C2.Cc1cccc2c1CCC(N)C2.Cc1cccc2c1CCC(NCc1ccccc1)C2.Cc1cccc2c1CC[C@H](N)C2.Cl.Cl.[Na+].[OH-]. The van der Waals surface area contributed by atoms with E-state index in [0.717, 1.165) is 90.1 Å². The first kappa shape index (κ1) is 84.4. The molecule has 0 amide bonds. The van der Waals surface area contributed by atoms with Gasteiger partial charge >= 0.3 is 29.6 Å². The Morgan fingerprint density at radius 1 is 0.363 bits per heavy atom. The summed E-state index contributed by atoms with van der Waals surface area (Å²) in [6, 6.07) is 68.7. The zero-order valence-electron chi connectivity index (χ0n) is 62.5. The van der Waals surface area contributed by atoms with E-state index in [0.29, 0.717) is 36.4 Å². The van der Waals surface area contributed by atoms with Gasteiger partial charge in [-0.05, 0) is 292 Å². The van der Waals surface area contributed by atoms with E-state index in [1.165, 1.54) is 157 Å². The molecule has 10 heteroatoms. The maximum absolute atomic E-state index is 11.1. The quantitative estimate of drug-likeness (QED) is 0.0996. The minimum atomic E-state index is 0. The van der Waals surface area contributed by atoms with Gasteiger partial charge in [-0.3, -0.25) is 9.79 Å². The van der Waals surface area contributed by atoms with Gasteiger partial charge in [0.2, 0.25) is 0 Å². The summed E-state index contributed by atoms with van der Waals surface area (Å²) in [5, 5.41) is 3.70. The molecule has 9 aromatic rings. The van der Waals surface area contributed by atoms with Crippen molar-refractivity contribution in [3.63, 3.8) is 0 Å². The van der Waals surface area contributed by atoms with Gasteiger partial charge < -0.3 is 28.0 Å². The summed E-state index contributed by atoms with van der Waals surface area (Å²) in [5.41, 5.74) is 53.9. The summed E-state index contributed by atoms with van der Waals surface area (Å²) in [7, 11) is 0. The van der Waals surface area contributed by atoms with Crippen molar-refractivity contribution in [3.8, 4) is 0 Å². The number of aliphatic imine (C=N–C) groups is 1. The van der Waals surface area contributed by atoms with Crippen LogP contribution in [-0.4, -0.2) is 41.1 Å². The van der Waals surface area contributed by atoms with Crippen LogP contribution in [0.15, 0.2) is 205 Å². The molecule has 8 N–H and O–H groups in total. The Labute approximate surface area is 647 Å². The summed E-state index contributed by atoms with van der Waals surface area (Å²) >= 11 is 0. The number of rotatable bonds is 5. The van der Waals surface area contributed by atoms with Crippen molar-refractivity contribution in [1.82, 2.24) is 5.32 Å². The molecule has 0 saturated heterocycles. The maximum Gasteiger partial charge on any atom is 1.00 e. The molecule has 3 unspecified atom stereocenters. The zero-order valence-corrected chi connectivity index (χ0v) is 66.2. The van der Waals surface area contributed by atoms with E-state index in [4.69, 9.17) is 22.2 Å². The first-order valence-electron chi connectivity index (χ1n) is 36.8. The molecular formula is C92H114Cl2N5NaO2. The smallest absolute Gasteiger partial charge is 0.870 e. The van der Waals surface area contributed by atoms with Crippen LogP contribution in [0, 0.1) is 48.5 Å². The molecule has 0 fully saturated rings. The molecule has 7 aliphatic rings. The predicted molar refractivity (Wildman–Crippen MR) is 432 cm³/mol. The minimum Gasteiger partial charge on any atom is -0.870 e. The van der Waals surface area contributed by atoms with E-state index in [-0.39, 0.29) is 59.8 Å². The molecule has 7 aliphatic carbocycles. The number of carbonyl (C=O) groups excluding carboxylic acids is 1. The van der Waals surface area contributed by atoms with E-state index < -0.39 is 0 Å². The molecule has 0 aliphatic heterocycles. The van der Waals surface area contributed by atoms with Crippen molar-refractivity contribution in [1.29, 1.82) is 0 Å². The van der Waals surface area contributed by atoms with E-state index >= 15 is 0 Å². The average molecular weight is 1420 g/mol. The third-order valence-corrected chi connectivity index (χ3v) is 21.5. The number of halogens is 2. The molecule has 0 aromatic heterocycles. The molecule has 0 bridgehead atoms. The van der Waals surface area contributed by atoms with Gasteiger partial charge in [0.15, 0.2) is 0 Å². The topological polar surface area (TPSA) is 150 Å². The normalized spacial score (nSPS) is 17.9. The molecule has 0 saturated carbocycles. The van der Waals surface area contributed by atoms with Crippen LogP contribution in [0.2, 0.25) is 0 Å². The standard InChI is InChI=1S/C18H21N.C18H19N.C12H14.3C11H15N.C11H12O.2ClH.Na.H2O/c2*1-14-6-5-9-16-12-17(10-11-18(14)16)19-13-15-7-3-2-4-8-15;1-9-6-7-12-10(2)4-3-5-11(12)8-9;4*1-8-3-2-4-9-7-10(12)5-6-11(8)9;;;;/h2-9,17,19H,10-13H2,1H3;2-9H,10-13H2,1H3;3-5H,1,6-8H2,2H3;3*2-4,10H,5-7,12H2,1H3;2-4H,5-7H2,1H3;2*1H;;1H2/q;;;;;;;;;+1;/p-1/t;;;10-;;;;;;;/m...0......./s1. The number of aryl methyl sites for hydroxylation is 7. The van der Waals surface area contributed by atoms with Crippen LogP contribution in [-0.2, 0) is 108 Å². The van der Waals surface area contributed by atoms with E-state index in [1.807, 2.05) is 6.07 Å². The molecule has 4 atom stereocenters. The van der Waals surface area contributed by atoms with Crippen LogP contribution < -0.4 is 52.1 Å². The molecule has 9 aromatic carbocycles. The van der Waals surface area contributed by atoms with Crippen LogP contribution in [0.3, 0.4) is 0 Å². The third-order valence-electron chi connectivity index (χ3n) is 21.5. The number of allylic oxidation sites excluding steroid dienone is 1. The van der Waals surface area contributed by atoms with Crippen molar-refractivity contribution >= 4 is 36.3 Å². The molecule has 534 valence electrons. The molecule has 0 radical (unpaired) electrons. The van der Waals surface area contributed by atoms with Crippen LogP contribution in [0.1, 0.15) is 173 Å². The Morgan fingerprint density at radius 2 is 0.686 bits per heavy atom. The van der Waals surface area contributed by atoms with E-state index in [9.17, 15) is 4.79 Å². The summed E-state index contributed by atoms with van der Waals surface area (Å²) < 4.78 is 0. The molecule has 0 spiro atoms. The van der Waals surface area contributed by atoms with E-state index in [2.05, 4.69) is 242 Å². The number of fused-ring (bicyclic) bond motifs is 7. The van der Waals surface area contributed by atoms with Gasteiger partial charge in [-0.25, -0.2) is 0 Å². The van der Waals surface area contributed by atoms with Crippen LogP contribution in [0.25, 0.3) is 0 Å². The van der Waals surface area contributed by atoms with Crippen molar-refractivity contribution in [2.24, 2.45) is 22.2 Å². The van der Waals surface area contributed by atoms with Gasteiger partial charge in [-0.15, -0.1) is 24.8 Å². The first-order chi connectivity index (χ1) is 47.5. The fraction of sp³-hybridized carbons (Fsp3) is 0.370. The number of hydrogen-bond acceptors (Lipinski definition) is 7. The van der Waals surface area contributed by atoms with Gasteiger partial charge in [-0.1, -0.05) is 200 Å². The summed E-state index contributed by atoms with van der Waals surface area (Å²) in [6.07, 6.45) is 22.9. The number of hydrogen-bond donors (Lipinski definition) is 4. The maximum atomic E-state index is 11.1. The second-order valence-electron chi connectivity index (χ2n) is 29.0. The number of nitrogens with two attached hydrogens (primary N) is 3. The van der Waals surface area contributed by atoms with Crippen LogP contribution >= 0.6 is 24.8 Å². The number of carbonyl (C=O) groups is 1. The second-order valence-corrected chi connectivity index (χ2v) is 29.0. The van der Waals surface area contributed by atoms with Crippen LogP contribution in [0.4, 0.5) is 0 Å². The summed E-state index contributed by atoms with van der Waals surface area (Å²) in [5.74, 6) is 0.383. The Kier molecular flexibility index (Phi) is 35.1. The Bertz CT molecular complexity index is 3950. The average Bonchev–Trinajstić information content (AvgIpc) is 0.878. The number of benzene rings is 9. The van der Waals surface area contributed by atoms with Crippen molar-refractivity contribution < 1.29 is 39.8 Å². The number of nitrogens with one attached hydrogen (secondary N) is 1.